The summed E-state index contributed by atoms with van der Waals surface area (Å²) in [6.07, 6.45) is 1.81. The Morgan fingerprint density at radius 1 is 0.837 bits per heavy atom. The molecule has 1 saturated heterocycles. The van der Waals surface area contributed by atoms with Gasteiger partial charge in [0.2, 0.25) is 11.8 Å². The van der Waals surface area contributed by atoms with Crippen molar-refractivity contribution in [1.29, 1.82) is 0 Å². The zero-order valence-corrected chi connectivity index (χ0v) is 24.4. The first-order chi connectivity index (χ1) is 20.9. The van der Waals surface area contributed by atoms with Gasteiger partial charge >= 0.3 is 5.97 Å². The van der Waals surface area contributed by atoms with E-state index >= 15 is 0 Å². The number of unbranched alkanes of at least 4 members (excludes halogenated alkanes) is 2. The molecule has 1 heterocycles. The number of nitrogens with one attached hydrogen (secondary N) is 2. The summed E-state index contributed by atoms with van der Waals surface area (Å²) < 4.78 is 12.7. The lowest BCUT2D eigenvalue weighted by atomic mass is 10.0. The number of hydroxylamine groups is 1. The van der Waals surface area contributed by atoms with Gasteiger partial charge < -0.3 is 25.0 Å². The summed E-state index contributed by atoms with van der Waals surface area (Å²) in [5.41, 5.74) is 5.01. The summed E-state index contributed by atoms with van der Waals surface area (Å²) in [7, 11) is 0. The number of benzene rings is 3. The maximum absolute atomic E-state index is 12.4. The third kappa shape index (κ3) is 9.63. The van der Waals surface area contributed by atoms with E-state index in [-0.39, 0.29) is 36.7 Å². The number of carbonyl (C=O) groups is 3. The molecular weight excluding hydrogens is 572 g/mol. The molecule has 0 spiro atoms. The zero-order valence-electron chi connectivity index (χ0n) is 23.6. The number of anilines is 1. The van der Waals surface area contributed by atoms with Crippen LogP contribution in [0.4, 0.5) is 5.69 Å². The third-order valence-corrected chi connectivity index (χ3v) is 8.26. The van der Waals surface area contributed by atoms with E-state index in [0.717, 1.165) is 16.7 Å². The van der Waals surface area contributed by atoms with Gasteiger partial charge in [0.15, 0.2) is 6.29 Å². The first kappa shape index (κ1) is 32.2. The van der Waals surface area contributed by atoms with Crippen LogP contribution in [0.5, 0.6) is 0 Å². The molecule has 5 N–H and O–H groups in total. The quantitative estimate of drug-likeness (QED) is 0.0680. The van der Waals surface area contributed by atoms with Crippen molar-refractivity contribution in [3.05, 3.63) is 95.1 Å². The highest BCUT2D eigenvalue weighted by Crippen LogP contribution is 2.40. The van der Waals surface area contributed by atoms with Crippen LogP contribution in [0.3, 0.4) is 0 Å². The van der Waals surface area contributed by atoms with Gasteiger partial charge in [-0.3, -0.25) is 14.8 Å². The van der Waals surface area contributed by atoms with Gasteiger partial charge in [0.25, 0.3) is 0 Å². The Labute approximate surface area is 254 Å². The van der Waals surface area contributed by atoms with Gasteiger partial charge in [-0.05, 0) is 48.2 Å². The van der Waals surface area contributed by atoms with E-state index in [2.05, 4.69) is 5.32 Å². The van der Waals surface area contributed by atoms with Crippen LogP contribution < -0.4 is 10.8 Å². The highest BCUT2D eigenvalue weighted by atomic mass is 32.2. The van der Waals surface area contributed by atoms with E-state index in [1.54, 1.807) is 35.8 Å². The van der Waals surface area contributed by atoms with Crippen LogP contribution >= 0.6 is 11.8 Å². The normalized spacial score (nSPS) is 18.1. The molecule has 1 fully saturated rings. The highest BCUT2D eigenvalue weighted by molar-refractivity contribution is 7.99. The third-order valence-electron chi connectivity index (χ3n) is 7.06. The smallest absolute Gasteiger partial charge is 0.336 e. The molecule has 10 nitrogen and oxygen atoms in total. The molecule has 43 heavy (non-hydrogen) atoms. The van der Waals surface area contributed by atoms with E-state index in [1.165, 1.54) is 11.8 Å². The second-order valence-corrected chi connectivity index (χ2v) is 11.3. The number of hydrogen-bond donors (Lipinski definition) is 5. The second kappa shape index (κ2) is 16.2. The highest BCUT2D eigenvalue weighted by Gasteiger charge is 2.32. The number of ether oxygens (including phenoxy) is 2. The molecule has 0 aromatic heterocycles. The molecule has 1 aliphatic heterocycles. The average molecular weight is 609 g/mol. The zero-order chi connectivity index (χ0) is 30.6. The largest absolute Gasteiger partial charge is 0.478 e. The number of aromatic carboxylic acids is 1. The molecule has 0 saturated carbocycles. The molecule has 0 bridgehead atoms. The van der Waals surface area contributed by atoms with Crippen LogP contribution in [0.15, 0.2) is 77.7 Å². The van der Waals surface area contributed by atoms with Crippen molar-refractivity contribution in [2.75, 3.05) is 11.1 Å². The standard InChI is InChI=1S/C32H36N2O8S/c35-19-21-10-12-22(13-11-21)27-18-25(20-43-28-7-5-4-6-26(28)31(38)39)41-32(42-27)23-14-16-24(17-15-23)33-29(36)8-2-1-3-9-30(37)34-40/h4-7,10-17,25,27,32,35,40H,1-3,8-9,18-20H2,(H,33,36)(H,34,37)(H,38,39)/t25-,27+,32+/m1/s1. The fourth-order valence-electron chi connectivity index (χ4n) is 4.73. The first-order valence-corrected chi connectivity index (χ1v) is 15.1. The topological polar surface area (TPSA) is 154 Å². The van der Waals surface area contributed by atoms with E-state index in [1.807, 2.05) is 42.5 Å². The summed E-state index contributed by atoms with van der Waals surface area (Å²) >= 11 is 1.43. The van der Waals surface area contributed by atoms with Crippen molar-refractivity contribution in [3.8, 4) is 0 Å². The van der Waals surface area contributed by atoms with Crippen molar-refractivity contribution in [1.82, 2.24) is 5.48 Å². The van der Waals surface area contributed by atoms with E-state index in [9.17, 15) is 24.6 Å². The molecular formula is C32H36N2O8S. The van der Waals surface area contributed by atoms with Gasteiger partial charge in [-0.1, -0.05) is 55.0 Å². The monoisotopic (exact) mass is 608 g/mol. The van der Waals surface area contributed by atoms with E-state index in [4.69, 9.17) is 14.7 Å². The number of amides is 2. The summed E-state index contributed by atoms with van der Waals surface area (Å²) in [5, 5.41) is 30.4. The van der Waals surface area contributed by atoms with E-state index in [0.29, 0.717) is 48.4 Å². The number of carboxylic acids is 1. The number of aliphatic hydroxyl groups excluding tert-OH is 1. The van der Waals surface area contributed by atoms with Crippen LogP contribution in [0.25, 0.3) is 0 Å². The Morgan fingerprint density at radius 2 is 1.51 bits per heavy atom. The summed E-state index contributed by atoms with van der Waals surface area (Å²) in [6.45, 7) is -0.0496. The fraction of sp³-hybridized carbons (Fsp3) is 0.344. The predicted octanol–water partition coefficient (Wildman–Crippen LogP) is 5.61. The predicted molar refractivity (Wildman–Crippen MR) is 161 cm³/mol. The van der Waals surface area contributed by atoms with Crippen molar-refractivity contribution >= 4 is 35.2 Å². The minimum absolute atomic E-state index is 0.0496. The summed E-state index contributed by atoms with van der Waals surface area (Å²) in [5.74, 6) is -1.02. The van der Waals surface area contributed by atoms with Crippen LogP contribution in [-0.2, 0) is 25.7 Å². The number of hydrogen-bond acceptors (Lipinski definition) is 8. The van der Waals surface area contributed by atoms with Crippen LogP contribution in [0.2, 0.25) is 0 Å². The number of thioether (sulfide) groups is 1. The van der Waals surface area contributed by atoms with E-state index < -0.39 is 18.2 Å². The van der Waals surface area contributed by atoms with Crippen molar-refractivity contribution in [2.45, 2.75) is 68.5 Å². The van der Waals surface area contributed by atoms with Crippen molar-refractivity contribution in [2.24, 2.45) is 0 Å². The molecule has 228 valence electrons. The van der Waals surface area contributed by atoms with Gasteiger partial charge in [-0.2, -0.15) is 0 Å². The molecule has 2 amide bonds. The molecule has 3 aromatic carbocycles. The Hall–Kier alpha value is -3.74. The lowest BCUT2D eigenvalue weighted by molar-refractivity contribution is -0.245. The number of aliphatic hydroxyl groups is 1. The van der Waals surface area contributed by atoms with Crippen LogP contribution in [0, 0.1) is 0 Å². The summed E-state index contributed by atoms with van der Waals surface area (Å²) in [4.78, 5) is 35.8. The maximum atomic E-state index is 12.4. The summed E-state index contributed by atoms with van der Waals surface area (Å²) in [6, 6.07) is 21.7. The fourth-order valence-corrected chi connectivity index (χ4v) is 5.79. The molecule has 4 rings (SSSR count). The Kier molecular flexibility index (Phi) is 12.1. The average Bonchev–Trinajstić information content (AvgIpc) is 3.03. The Bertz CT molecular complexity index is 1370. The molecule has 3 atom stereocenters. The first-order valence-electron chi connectivity index (χ1n) is 14.1. The number of carbonyl (C=O) groups excluding carboxylic acids is 2. The van der Waals surface area contributed by atoms with Gasteiger partial charge in [0.1, 0.15) is 0 Å². The minimum Gasteiger partial charge on any atom is -0.478 e. The second-order valence-electron chi connectivity index (χ2n) is 10.2. The SMILES string of the molecule is O=C(CCCCCC(=O)Nc1ccc([C@H]2O[C@@H](CSc3ccccc3C(=O)O)C[C@@H](c3ccc(CO)cc3)O2)cc1)NO. The van der Waals surface area contributed by atoms with Gasteiger partial charge in [-0.25, -0.2) is 10.3 Å². The Balaban J connectivity index is 1.40. The van der Waals surface area contributed by atoms with Crippen molar-refractivity contribution < 1.29 is 39.3 Å². The molecule has 11 heteroatoms. The van der Waals surface area contributed by atoms with Gasteiger partial charge in [-0.15, -0.1) is 11.8 Å². The number of rotatable bonds is 14. The van der Waals surface area contributed by atoms with Crippen LogP contribution in [-0.4, -0.2) is 45.1 Å². The van der Waals surface area contributed by atoms with Crippen LogP contribution in [0.1, 0.15) is 78.0 Å². The maximum Gasteiger partial charge on any atom is 0.336 e. The lowest BCUT2D eigenvalue weighted by Gasteiger charge is -2.36. The number of carboxylic acid groups (broad SMARTS) is 1. The lowest BCUT2D eigenvalue weighted by Crippen LogP contribution is -2.31. The van der Waals surface area contributed by atoms with Gasteiger partial charge in [0.05, 0.1) is 24.4 Å². The van der Waals surface area contributed by atoms with Gasteiger partial charge in [0, 0.05) is 41.2 Å². The Morgan fingerprint density at radius 3 is 2.19 bits per heavy atom. The molecule has 3 aromatic rings. The molecule has 0 radical (unpaired) electrons. The molecule has 0 aliphatic carbocycles. The van der Waals surface area contributed by atoms with Crippen molar-refractivity contribution in [3.63, 3.8) is 0 Å². The molecule has 0 unspecified atom stereocenters. The molecule has 1 aliphatic rings. The minimum atomic E-state index is -0.977.